The average molecular weight is 251 g/mol. The van der Waals surface area contributed by atoms with Crippen molar-refractivity contribution in [3.63, 3.8) is 0 Å². The van der Waals surface area contributed by atoms with Crippen molar-refractivity contribution in [1.29, 1.82) is 0 Å². The molecule has 0 aliphatic rings. The van der Waals surface area contributed by atoms with Crippen LogP contribution in [0.2, 0.25) is 0 Å². The van der Waals surface area contributed by atoms with Crippen LogP contribution in [0.4, 0.5) is 5.69 Å². The lowest BCUT2D eigenvalue weighted by Crippen LogP contribution is -2.39. The van der Waals surface area contributed by atoms with E-state index in [1.54, 1.807) is 24.3 Å². The van der Waals surface area contributed by atoms with E-state index in [0.717, 1.165) is 0 Å². The number of benzene rings is 1. The van der Waals surface area contributed by atoms with Crippen LogP contribution >= 0.6 is 0 Å². The number of hydrogen-bond donors (Lipinski definition) is 3. The average Bonchev–Trinajstić information content (AvgIpc) is 2.31. The summed E-state index contributed by atoms with van der Waals surface area (Å²) >= 11 is 0. The summed E-state index contributed by atoms with van der Waals surface area (Å²) in [7, 11) is 0. The van der Waals surface area contributed by atoms with Gasteiger partial charge in [-0.1, -0.05) is 12.1 Å². The second-order valence-corrected chi connectivity index (χ2v) is 3.70. The minimum absolute atomic E-state index is 0.192. The molecule has 1 unspecified atom stereocenters. The Kier molecular flexibility index (Phi) is 5.13. The summed E-state index contributed by atoms with van der Waals surface area (Å²) < 4.78 is 5.35. The molecule has 0 heterocycles. The van der Waals surface area contributed by atoms with Crippen LogP contribution in [0.3, 0.4) is 0 Å². The number of ether oxygens (including phenoxy) is 1. The number of nitrogens with two attached hydrogens (primary N) is 2. The highest BCUT2D eigenvalue weighted by Crippen LogP contribution is 2.23. The van der Waals surface area contributed by atoms with Crippen molar-refractivity contribution in [2.45, 2.75) is 19.4 Å². The molecule has 98 valence electrons. The van der Waals surface area contributed by atoms with E-state index in [-0.39, 0.29) is 6.42 Å². The number of primary amides is 1. The fraction of sp³-hybridized carbons (Fsp3) is 0.333. The Morgan fingerprint density at radius 1 is 1.39 bits per heavy atom. The van der Waals surface area contributed by atoms with Gasteiger partial charge in [-0.25, -0.2) is 0 Å². The van der Waals surface area contributed by atoms with Crippen LogP contribution in [0.1, 0.15) is 13.3 Å². The van der Waals surface area contributed by atoms with Gasteiger partial charge in [0.1, 0.15) is 5.75 Å². The fourth-order valence-electron chi connectivity index (χ4n) is 1.39. The lowest BCUT2D eigenvalue weighted by Gasteiger charge is -2.13. The molecule has 6 nitrogen and oxygen atoms in total. The zero-order valence-corrected chi connectivity index (χ0v) is 10.2. The van der Waals surface area contributed by atoms with E-state index < -0.39 is 17.9 Å². The van der Waals surface area contributed by atoms with E-state index in [2.05, 4.69) is 5.32 Å². The molecule has 0 saturated carbocycles. The second-order valence-electron chi connectivity index (χ2n) is 3.70. The molecule has 1 rings (SSSR count). The van der Waals surface area contributed by atoms with E-state index in [1.807, 2.05) is 6.92 Å². The highest BCUT2D eigenvalue weighted by Gasteiger charge is 2.17. The molecule has 2 amide bonds. The maximum Gasteiger partial charge on any atom is 0.241 e. The summed E-state index contributed by atoms with van der Waals surface area (Å²) in [5.41, 5.74) is 11.0. The lowest BCUT2D eigenvalue weighted by molar-refractivity contribution is -0.123. The summed E-state index contributed by atoms with van der Waals surface area (Å²) in [6, 6.07) is 6.03. The summed E-state index contributed by atoms with van der Waals surface area (Å²) in [5, 5.41) is 2.60. The van der Waals surface area contributed by atoms with Crippen LogP contribution in [0.25, 0.3) is 0 Å². The highest BCUT2D eigenvalue weighted by atomic mass is 16.5. The molecule has 5 N–H and O–H groups in total. The molecule has 0 aliphatic heterocycles. The zero-order chi connectivity index (χ0) is 13.5. The Labute approximate surface area is 105 Å². The van der Waals surface area contributed by atoms with Gasteiger partial charge in [-0.3, -0.25) is 9.59 Å². The molecule has 1 aromatic carbocycles. The van der Waals surface area contributed by atoms with Crippen LogP contribution < -0.4 is 21.5 Å². The van der Waals surface area contributed by atoms with Gasteiger partial charge in [0.25, 0.3) is 0 Å². The van der Waals surface area contributed by atoms with E-state index >= 15 is 0 Å². The summed E-state index contributed by atoms with van der Waals surface area (Å²) in [5.74, 6) is -0.531. The number of hydrogen-bond acceptors (Lipinski definition) is 4. The molecule has 6 heteroatoms. The molecule has 0 aliphatic carbocycles. The molecule has 0 spiro atoms. The summed E-state index contributed by atoms with van der Waals surface area (Å²) in [6.07, 6.45) is -0.192. The monoisotopic (exact) mass is 251 g/mol. The standard InChI is InChI=1S/C12H17N3O3/c1-2-18-10-6-4-3-5-9(10)15-12(17)8(13)7-11(14)16/h3-6,8H,2,7,13H2,1H3,(H2,14,16)(H,15,17). The van der Waals surface area contributed by atoms with Crippen LogP contribution in [0.15, 0.2) is 24.3 Å². The number of nitrogens with one attached hydrogen (secondary N) is 1. The van der Waals surface area contributed by atoms with Crippen molar-refractivity contribution in [2.24, 2.45) is 11.5 Å². The molecule has 0 bridgehead atoms. The van der Waals surface area contributed by atoms with Gasteiger partial charge in [-0.05, 0) is 19.1 Å². The Hall–Kier alpha value is -2.08. The molecular weight excluding hydrogens is 234 g/mol. The fourth-order valence-corrected chi connectivity index (χ4v) is 1.39. The van der Waals surface area contributed by atoms with Gasteiger partial charge in [-0.15, -0.1) is 0 Å². The Bertz CT molecular complexity index is 434. The Balaban J connectivity index is 2.72. The van der Waals surface area contributed by atoms with Crippen LogP contribution in [0, 0.1) is 0 Å². The predicted molar refractivity (Wildman–Crippen MR) is 68.0 cm³/mol. The van der Waals surface area contributed by atoms with E-state index in [0.29, 0.717) is 18.0 Å². The van der Waals surface area contributed by atoms with Gasteiger partial charge in [0.05, 0.1) is 24.8 Å². The number of amides is 2. The van der Waals surface area contributed by atoms with Crippen LogP contribution in [0.5, 0.6) is 5.75 Å². The SMILES string of the molecule is CCOc1ccccc1NC(=O)C(N)CC(N)=O. The maximum absolute atomic E-state index is 11.7. The third kappa shape index (κ3) is 4.06. The Morgan fingerprint density at radius 3 is 2.67 bits per heavy atom. The third-order valence-electron chi connectivity index (χ3n) is 2.20. The van der Waals surface area contributed by atoms with Gasteiger partial charge in [0, 0.05) is 0 Å². The van der Waals surface area contributed by atoms with Crippen molar-refractivity contribution >= 4 is 17.5 Å². The maximum atomic E-state index is 11.7. The first-order chi connectivity index (χ1) is 8.54. The topological polar surface area (TPSA) is 107 Å². The molecule has 0 aromatic heterocycles. The molecule has 1 atom stereocenters. The third-order valence-corrected chi connectivity index (χ3v) is 2.20. The first-order valence-electron chi connectivity index (χ1n) is 5.61. The number of carbonyl (C=O) groups is 2. The van der Waals surface area contributed by atoms with Gasteiger partial charge in [0.15, 0.2) is 0 Å². The van der Waals surface area contributed by atoms with Crippen LogP contribution in [-0.4, -0.2) is 24.5 Å². The smallest absolute Gasteiger partial charge is 0.241 e. The van der Waals surface area contributed by atoms with Gasteiger partial charge < -0.3 is 21.5 Å². The molecule has 0 fully saturated rings. The van der Waals surface area contributed by atoms with Crippen molar-refractivity contribution in [1.82, 2.24) is 0 Å². The number of anilines is 1. The van der Waals surface area contributed by atoms with E-state index in [4.69, 9.17) is 16.2 Å². The molecule has 0 saturated heterocycles. The minimum atomic E-state index is -0.961. The van der Waals surface area contributed by atoms with Gasteiger partial charge in [-0.2, -0.15) is 0 Å². The number of para-hydroxylation sites is 2. The normalized spacial score (nSPS) is 11.7. The molecule has 1 aromatic rings. The highest BCUT2D eigenvalue weighted by molar-refractivity contribution is 5.98. The number of rotatable bonds is 6. The summed E-state index contributed by atoms with van der Waals surface area (Å²) in [4.78, 5) is 22.4. The van der Waals surface area contributed by atoms with E-state index in [9.17, 15) is 9.59 Å². The first-order valence-corrected chi connectivity index (χ1v) is 5.61. The zero-order valence-electron chi connectivity index (χ0n) is 10.2. The molecule has 0 radical (unpaired) electrons. The molecular formula is C12H17N3O3. The van der Waals surface area contributed by atoms with Crippen LogP contribution in [-0.2, 0) is 9.59 Å². The number of carbonyl (C=O) groups excluding carboxylic acids is 2. The first kappa shape index (κ1) is 14.0. The van der Waals surface area contributed by atoms with Crippen molar-refractivity contribution in [2.75, 3.05) is 11.9 Å². The quantitative estimate of drug-likeness (QED) is 0.672. The van der Waals surface area contributed by atoms with Gasteiger partial charge >= 0.3 is 0 Å². The molecule has 18 heavy (non-hydrogen) atoms. The largest absolute Gasteiger partial charge is 0.492 e. The lowest BCUT2D eigenvalue weighted by atomic mass is 10.2. The van der Waals surface area contributed by atoms with Crippen molar-refractivity contribution in [3.05, 3.63) is 24.3 Å². The van der Waals surface area contributed by atoms with Gasteiger partial charge in [0.2, 0.25) is 11.8 Å². The van der Waals surface area contributed by atoms with Crippen molar-refractivity contribution in [3.8, 4) is 5.75 Å². The van der Waals surface area contributed by atoms with E-state index in [1.165, 1.54) is 0 Å². The minimum Gasteiger partial charge on any atom is -0.492 e. The second kappa shape index (κ2) is 6.61. The Morgan fingerprint density at radius 2 is 2.06 bits per heavy atom. The van der Waals surface area contributed by atoms with Crippen molar-refractivity contribution < 1.29 is 14.3 Å². The predicted octanol–water partition coefficient (Wildman–Crippen LogP) is 0.227. The summed E-state index contributed by atoms with van der Waals surface area (Å²) in [6.45, 7) is 2.33.